The largest absolute Gasteiger partial charge is 0.490 e. The molecule has 1 saturated heterocycles. The van der Waals surface area contributed by atoms with Crippen LogP contribution >= 0.6 is 0 Å². The Morgan fingerprint density at radius 1 is 1.23 bits per heavy atom. The van der Waals surface area contributed by atoms with Crippen LogP contribution < -0.4 is 15.4 Å². The molecule has 0 atom stereocenters. The van der Waals surface area contributed by atoms with E-state index in [0.29, 0.717) is 30.0 Å². The highest BCUT2D eigenvalue weighted by atomic mass is 32.2. The van der Waals surface area contributed by atoms with Gasteiger partial charge in [-0.1, -0.05) is 6.07 Å². The van der Waals surface area contributed by atoms with E-state index in [9.17, 15) is 23.3 Å². The summed E-state index contributed by atoms with van der Waals surface area (Å²) in [7, 11) is -2.24. The van der Waals surface area contributed by atoms with Crippen molar-refractivity contribution < 1.29 is 22.9 Å². The van der Waals surface area contributed by atoms with Gasteiger partial charge in [-0.2, -0.15) is 4.31 Å². The summed E-state index contributed by atoms with van der Waals surface area (Å²) in [6.07, 6.45) is 1.70. The van der Waals surface area contributed by atoms with Crippen molar-refractivity contribution in [3.05, 3.63) is 52.1 Å². The SMILES string of the molecule is COc1cc(NC(=O)CNc2cccc(S(=O)(=O)N3CCCC3)c2)c(C)cc1[N+](=O)[O-]. The van der Waals surface area contributed by atoms with Gasteiger partial charge in [0.2, 0.25) is 15.9 Å². The Morgan fingerprint density at radius 2 is 1.94 bits per heavy atom. The molecule has 11 heteroatoms. The van der Waals surface area contributed by atoms with Gasteiger partial charge in [0.05, 0.1) is 23.5 Å². The van der Waals surface area contributed by atoms with Gasteiger partial charge in [-0.15, -0.1) is 0 Å². The second kappa shape index (κ2) is 9.31. The quantitative estimate of drug-likeness (QED) is 0.469. The monoisotopic (exact) mass is 448 g/mol. The zero-order chi connectivity index (χ0) is 22.6. The molecule has 0 aromatic heterocycles. The van der Waals surface area contributed by atoms with E-state index in [1.165, 1.54) is 35.7 Å². The summed E-state index contributed by atoms with van der Waals surface area (Å²) in [6, 6.07) is 9.06. The zero-order valence-corrected chi connectivity index (χ0v) is 18.1. The number of carbonyl (C=O) groups excluding carboxylic acids is 1. The maximum absolute atomic E-state index is 12.7. The Balaban J connectivity index is 1.67. The number of carbonyl (C=O) groups is 1. The van der Waals surface area contributed by atoms with Crippen LogP contribution in [0.5, 0.6) is 5.75 Å². The second-order valence-corrected chi connectivity index (χ2v) is 9.07. The lowest BCUT2D eigenvalue weighted by molar-refractivity contribution is -0.385. The molecule has 2 aromatic carbocycles. The van der Waals surface area contributed by atoms with E-state index in [2.05, 4.69) is 10.6 Å². The van der Waals surface area contributed by atoms with Crippen LogP contribution in [0.3, 0.4) is 0 Å². The highest BCUT2D eigenvalue weighted by Gasteiger charge is 2.27. The molecule has 1 aliphatic heterocycles. The van der Waals surface area contributed by atoms with Crippen LogP contribution in [0.4, 0.5) is 17.1 Å². The third-order valence-electron chi connectivity index (χ3n) is 4.99. The first-order valence-electron chi connectivity index (χ1n) is 9.69. The minimum absolute atomic E-state index is 0.0404. The van der Waals surface area contributed by atoms with Crippen molar-refractivity contribution in [2.75, 3.05) is 37.4 Å². The van der Waals surface area contributed by atoms with Crippen LogP contribution in [0.1, 0.15) is 18.4 Å². The van der Waals surface area contributed by atoms with E-state index in [-0.39, 0.29) is 22.9 Å². The van der Waals surface area contributed by atoms with Gasteiger partial charge in [-0.05, 0) is 43.5 Å². The number of amides is 1. The Labute approximate surface area is 180 Å². The number of benzene rings is 2. The predicted octanol–water partition coefficient (Wildman–Crippen LogP) is 2.75. The molecule has 2 N–H and O–H groups in total. The van der Waals surface area contributed by atoms with Crippen molar-refractivity contribution in [1.29, 1.82) is 0 Å². The minimum Gasteiger partial charge on any atom is -0.490 e. The summed E-state index contributed by atoms with van der Waals surface area (Å²) in [4.78, 5) is 23.1. The number of aryl methyl sites for hydroxylation is 1. The highest BCUT2D eigenvalue weighted by molar-refractivity contribution is 7.89. The number of ether oxygens (including phenoxy) is 1. The van der Waals surface area contributed by atoms with Crippen molar-refractivity contribution >= 4 is 33.0 Å². The summed E-state index contributed by atoms with van der Waals surface area (Å²) < 4.78 is 31.9. The number of hydrogen-bond donors (Lipinski definition) is 2. The second-order valence-electron chi connectivity index (χ2n) is 7.14. The average Bonchev–Trinajstić information content (AvgIpc) is 3.29. The van der Waals surface area contributed by atoms with Crippen molar-refractivity contribution in [3.63, 3.8) is 0 Å². The fourth-order valence-electron chi connectivity index (χ4n) is 3.33. The van der Waals surface area contributed by atoms with E-state index in [4.69, 9.17) is 4.74 Å². The molecule has 10 nitrogen and oxygen atoms in total. The maximum atomic E-state index is 12.7. The summed E-state index contributed by atoms with van der Waals surface area (Å²) in [5.74, 6) is -0.356. The zero-order valence-electron chi connectivity index (χ0n) is 17.3. The van der Waals surface area contributed by atoms with E-state index in [1.807, 2.05) is 0 Å². The molecule has 1 heterocycles. The molecule has 166 valence electrons. The third kappa shape index (κ3) is 5.12. The van der Waals surface area contributed by atoms with Gasteiger partial charge >= 0.3 is 5.69 Å². The number of hydrogen-bond acceptors (Lipinski definition) is 7. The summed E-state index contributed by atoms with van der Waals surface area (Å²) in [5.41, 5.74) is 1.21. The molecular weight excluding hydrogens is 424 g/mol. The smallest absolute Gasteiger partial charge is 0.311 e. The molecule has 31 heavy (non-hydrogen) atoms. The molecule has 0 spiro atoms. The normalized spacial score (nSPS) is 14.3. The Morgan fingerprint density at radius 3 is 2.58 bits per heavy atom. The van der Waals surface area contributed by atoms with Gasteiger partial charge in [0, 0.05) is 36.6 Å². The van der Waals surface area contributed by atoms with E-state index in [0.717, 1.165) is 12.8 Å². The standard InChI is InChI=1S/C20H24N4O6S/c1-14-10-18(24(26)27)19(30-2)12-17(14)22-20(25)13-21-15-6-5-7-16(11-15)31(28,29)23-8-3-4-9-23/h5-7,10-12,21H,3-4,8-9,13H2,1-2H3,(H,22,25). The lowest BCUT2D eigenvalue weighted by Gasteiger charge is -2.16. The number of nitro groups is 1. The van der Waals surface area contributed by atoms with Gasteiger partial charge < -0.3 is 15.4 Å². The van der Waals surface area contributed by atoms with Gasteiger partial charge in [0.1, 0.15) is 0 Å². The maximum Gasteiger partial charge on any atom is 0.311 e. The van der Waals surface area contributed by atoms with Gasteiger partial charge in [-0.25, -0.2) is 8.42 Å². The molecule has 0 unspecified atom stereocenters. The first-order valence-corrected chi connectivity index (χ1v) is 11.1. The van der Waals surface area contributed by atoms with Gasteiger partial charge in [0.25, 0.3) is 0 Å². The Kier molecular flexibility index (Phi) is 6.76. The summed E-state index contributed by atoms with van der Waals surface area (Å²) in [5, 5.41) is 16.7. The van der Waals surface area contributed by atoms with Crippen LogP contribution in [0, 0.1) is 17.0 Å². The summed E-state index contributed by atoms with van der Waals surface area (Å²) >= 11 is 0. The van der Waals surface area contributed by atoms with Crippen LogP contribution in [0.15, 0.2) is 41.3 Å². The average molecular weight is 449 g/mol. The molecule has 1 aliphatic rings. The van der Waals surface area contributed by atoms with Gasteiger partial charge in [-0.3, -0.25) is 14.9 Å². The molecule has 3 rings (SSSR count). The molecule has 0 radical (unpaired) electrons. The number of methoxy groups -OCH3 is 1. The van der Waals surface area contributed by atoms with Crippen LogP contribution in [0.25, 0.3) is 0 Å². The number of anilines is 2. The molecule has 0 bridgehead atoms. The number of rotatable bonds is 8. The molecule has 0 aliphatic carbocycles. The van der Waals surface area contributed by atoms with E-state index < -0.39 is 20.9 Å². The molecular formula is C20H24N4O6S. The van der Waals surface area contributed by atoms with Crippen LogP contribution in [0.2, 0.25) is 0 Å². The first kappa shape index (κ1) is 22.5. The van der Waals surface area contributed by atoms with Crippen LogP contribution in [-0.2, 0) is 14.8 Å². The van der Waals surface area contributed by atoms with E-state index in [1.54, 1.807) is 19.1 Å². The Bertz CT molecular complexity index is 1100. The molecule has 0 saturated carbocycles. The fourth-order valence-corrected chi connectivity index (χ4v) is 4.90. The number of nitro benzene ring substituents is 1. The number of sulfonamides is 1. The lowest BCUT2D eigenvalue weighted by Crippen LogP contribution is -2.28. The lowest BCUT2D eigenvalue weighted by atomic mass is 10.1. The van der Waals surface area contributed by atoms with E-state index >= 15 is 0 Å². The first-order chi connectivity index (χ1) is 14.7. The molecule has 1 amide bonds. The van der Waals surface area contributed by atoms with Crippen LogP contribution in [-0.4, -0.2) is 50.3 Å². The minimum atomic E-state index is -3.55. The molecule has 2 aromatic rings. The topological polar surface area (TPSA) is 131 Å². The van der Waals surface area contributed by atoms with Crippen molar-refractivity contribution in [3.8, 4) is 5.75 Å². The third-order valence-corrected chi connectivity index (χ3v) is 6.88. The predicted molar refractivity (Wildman–Crippen MR) is 116 cm³/mol. The Hall–Kier alpha value is -3.18. The van der Waals surface area contributed by atoms with Crippen molar-refractivity contribution in [2.24, 2.45) is 0 Å². The highest BCUT2D eigenvalue weighted by Crippen LogP contribution is 2.32. The number of nitrogens with one attached hydrogen (secondary N) is 2. The number of nitrogens with zero attached hydrogens (tertiary/aromatic N) is 2. The van der Waals surface area contributed by atoms with Gasteiger partial charge in [0.15, 0.2) is 5.75 Å². The summed E-state index contributed by atoms with van der Waals surface area (Å²) in [6.45, 7) is 2.55. The van der Waals surface area contributed by atoms with Crippen molar-refractivity contribution in [1.82, 2.24) is 4.31 Å². The molecule has 1 fully saturated rings. The fraction of sp³-hybridized carbons (Fsp3) is 0.350. The van der Waals surface area contributed by atoms with Crippen molar-refractivity contribution in [2.45, 2.75) is 24.7 Å².